The van der Waals surface area contributed by atoms with Crippen molar-refractivity contribution in [2.45, 2.75) is 24.3 Å². The van der Waals surface area contributed by atoms with Crippen molar-refractivity contribution in [3.8, 4) is 17.1 Å². The second kappa shape index (κ2) is 9.66. The number of nitrogens with one attached hydrogen (secondary N) is 3. The minimum absolute atomic E-state index is 0.205. The highest BCUT2D eigenvalue weighted by molar-refractivity contribution is 7.99. The summed E-state index contributed by atoms with van der Waals surface area (Å²) < 4.78 is 38.4. The SMILES string of the molecule is CCOc1cccc(-c2noc(CSC3NC4NNCC4C(=O)N3c3ccc(F)c(F)c3)n2)c1. The van der Waals surface area contributed by atoms with Crippen LogP contribution in [0.25, 0.3) is 11.4 Å². The van der Waals surface area contributed by atoms with Crippen molar-refractivity contribution in [1.82, 2.24) is 26.3 Å². The molecule has 2 saturated heterocycles. The fourth-order valence-electron chi connectivity index (χ4n) is 3.90. The zero-order valence-corrected chi connectivity index (χ0v) is 18.9. The van der Waals surface area contributed by atoms with E-state index in [1.165, 1.54) is 22.7 Å². The maximum atomic E-state index is 13.9. The van der Waals surface area contributed by atoms with E-state index in [-0.39, 0.29) is 23.5 Å². The predicted octanol–water partition coefficient (Wildman–Crippen LogP) is 2.62. The van der Waals surface area contributed by atoms with Gasteiger partial charge >= 0.3 is 0 Å². The molecule has 1 aromatic heterocycles. The van der Waals surface area contributed by atoms with E-state index in [1.54, 1.807) is 0 Å². The Morgan fingerprint density at radius 1 is 1.24 bits per heavy atom. The summed E-state index contributed by atoms with van der Waals surface area (Å²) in [4.78, 5) is 19.1. The Bertz CT molecular complexity index is 1190. The van der Waals surface area contributed by atoms with Crippen LogP contribution in [0.3, 0.4) is 0 Å². The van der Waals surface area contributed by atoms with Gasteiger partial charge in [-0.05, 0) is 31.2 Å². The average molecular weight is 489 g/mol. The number of hydrazine groups is 1. The van der Waals surface area contributed by atoms with E-state index >= 15 is 0 Å². The molecular weight excluding hydrogens is 466 g/mol. The molecule has 3 aromatic rings. The van der Waals surface area contributed by atoms with E-state index in [4.69, 9.17) is 9.26 Å². The van der Waals surface area contributed by atoms with Gasteiger partial charge in [-0.25, -0.2) is 14.2 Å². The molecule has 178 valence electrons. The first kappa shape index (κ1) is 22.7. The zero-order valence-electron chi connectivity index (χ0n) is 18.1. The summed E-state index contributed by atoms with van der Waals surface area (Å²) in [6.07, 6.45) is -0.300. The Labute approximate surface area is 198 Å². The lowest BCUT2D eigenvalue weighted by molar-refractivity contribution is -0.124. The standard InChI is InChI=1S/C22H22F2N6O3S/c1-2-32-14-5-3-4-12(8-14)19-26-18(33-29-19)11-34-22-27-20-15(10-25-28-20)21(31)30(22)13-6-7-16(23)17(24)9-13/h3-9,15,20,22,25,27-28H,2,10-11H2,1H3. The average Bonchev–Trinajstić information content (AvgIpc) is 3.50. The van der Waals surface area contributed by atoms with Crippen LogP contribution < -0.4 is 25.8 Å². The molecule has 0 saturated carbocycles. The Hall–Kier alpha value is -3.06. The highest BCUT2D eigenvalue weighted by Gasteiger charge is 2.45. The first-order valence-corrected chi connectivity index (χ1v) is 11.8. The Balaban J connectivity index is 1.34. The lowest BCUT2D eigenvalue weighted by Crippen LogP contribution is -2.64. The summed E-state index contributed by atoms with van der Waals surface area (Å²) in [6, 6.07) is 10.8. The van der Waals surface area contributed by atoms with E-state index in [0.717, 1.165) is 17.7 Å². The van der Waals surface area contributed by atoms with Crippen LogP contribution in [0.2, 0.25) is 0 Å². The van der Waals surface area contributed by atoms with Gasteiger partial charge in [-0.15, -0.1) is 11.8 Å². The fourth-order valence-corrected chi connectivity index (χ4v) is 4.94. The number of carbonyl (C=O) groups is 1. The molecule has 3 N–H and O–H groups in total. The molecule has 0 aliphatic carbocycles. The third-order valence-corrected chi connectivity index (χ3v) is 6.59. The van der Waals surface area contributed by atoms with E-state index in [2.05, 4.69) is 26.3 Å². The molecule has 3 unspecified atom stereocenters. The molecule has 0 radical (unpaired) electrons. The molecule has 3 heterocycles. The molecule has 5 rings (SSSR count). The molecule has 3 atom stereocenters. The number of ether oxygens (including phenoxy) is 1. The lowest BCUT2D eigenvalue weighted by Gasteiger charge is -2.41. The maximum absolute atomic E-state index is 13.9. The quantitative estimate of drug-likeness (QED) is 0.463. The molecule has 2 aliphatic heterocycles. The van der Waals surface area contributed by atoms with Crippen LogP contribution in [-0.4, -0.2) is 40.9 Å². The van der Waals surface area contributed by atoms with Crippen molar-refractivity contribution in [3.63, 3.8) is 0 Å². The second-order valence-electron chi connectivity index (χ2n) is 7.72. The van der Waals surface area contributed by atoms with Crippen molar-refractivity contribution in [3.05, 3.63) is 60.0 Å². The number of amides is 1. The molecule has 0 bridgehead atoms. The van der Waals surface area contributed by atoms with Crippen LogP contribution in [0.15, 0.2) is 47.0 Å². The minimum Gasteiger partial charge on any atom is -0.494 e. The van der Waals surface area contributed by atoms with Gasteiger partial charge in [-0.3, -0.25) is 20.4 Å². The third kappa shape index (κ3) is 4.49. The number of fused-ring (bicyclic) bond motifs is 1. The Kier molecular flexibility index (Phi) is 6.46. The van der Waals surface area contributed by atoms with Crippen molar-refractivity contribution in [2.24, 2.45) is 5.92 Å². The molecule has 0 spiro atoms. The topological polar surface area (TPSA) is 105 Å². The summed E-state index contributed by atoms with van der Waals surface area (Å²) in [7, 11) is 0. The van der Waals surface area contributed by atoms with Crippen LogP contribution in [0, 0.1) is 17.6 Å². The first-order valence-electron chi connectivity index (χ1n) is 10.7. The molecular formula is C22H22F2N6O3S. The first-order chi connectivity index (χ1) is 16.5. The number of benzene rings is 2. The summed E-state index contributed by atoms with van der Waals surface area (Å²) in [5.74, 6) is -0.811. The number of anilines is 1. The lowest BCUT2D eigenvalue weighted by atomic mass is 10.0. The number of rotatable bonds is 7. The zero-order chi connectivity index (χ0) is 23.7. The molecule has 12 heteroatoms. The van der Waals surface area contributed by atoms with Gasteiger partial charge in [0.25, 0.3) is 0 Å². The number of aromatic nitrogens is 2. The van der Waals surface area contributed by atoms with E-state index < -0.39 is 23.1 Å². The summed E-state index contributed by atoms with van der Waals surface area (Å²) >= 11 is 1.33. The van der Waals surface area contributed by atoms with Gasteiger partial charge in [0.15, 0.2) is 11.6 Å². The minimum atomic E-state index is -1.02. The van der Waals surface area contributed by atoms with E-state index in [0.29, 0.717) is 30.6 Å². The summed E-state index contributed by atoms with van der Waals surface area (Å²) in [5, 5.41) is 7.38. The van der Waals surface area contributed by atoms with Crippen molar-refractivity contribution in [1.29, 1.82) is 0 Å². The van der Waals surface area contributed by atoms with Crippen molar-refractivity contribution in [2.75, 3.05) is 18.1 Å². The summed E-state index contributed by atoms with van der Waals surface area (Å²) in [5.41, 5.74) is 6.43. The predicted molar refractivity (Wildman–Crippen MR) is 121 cm³/mol. The van der Waals surface area contributed by atoms with E-state index in [1.807, 2.05) is 31.2 Å². The molecule has 1 amide bonds. The number of carbonyl (C=O) groups excluding carboxylic acids is 1. The highest BCUT2D eigenvalue weighted by atomic mass is 32.2. The van der Waals surface area contributed by atoms with Crippen LogP contribution in [0.1, 0.15) is 12.8 Å². The van der Waals surface area contributed by atoms with Crippen LogP contribution in [-0.2, 0) is 10.5 Å². The van der Waals surface area contributed by atoms with Gasteiger partial charge in [0, 0.05) is 23.9 Å². The summed E-state index contributed by atoms with van der Waals surface area (Å²) in [6.45, 7) is 2.87. The van der Waals surface area contributed by atoms with Crippen LogP contribution >= 0.6 is 11.8 Å². The Morgan fingerprint density at radius 2 is 2.12 bits per heavy atom. The van der Waals surface area contributed by atoms with Crippen LogP contribution in [0.4, 0.5) is 14.5 Å². The third-order valence-electron chi connectivity index (χ3n) is 5.51. The molecule has 34 heavy (non-hydrogen) atoms. The number of thioether (sulfide) groups is 1. The monoisotopic (exact) mass is 488 g/mol. The van der Waals surface area contributed by atoms with Gasteiger partial charge in [-0.2, -0.15) is 4.98 Å². The van der Waals surface area contributed by atoms with Gasteiger partial charge in [0.2, 0.25) is 17.6 Å². The van der Waals surface area contributed by atoms with Crippen molar-refractivity contribution < 1.29 is 22.8 Å². The highest BCUT2D eigenvalue weighted by Crippen LogP contribution is 2.32. The number of nitrogens with zero attached hydrogens (tertiary/aromatic N) is 3. The normalized spacial score (nSPS) is 22.1. The van der Waals surface area contributed by atoms with Gasteiger partial charge in [0.05, 0.1) is 24.4 Å². The number of halogens is 2. The van der Waals surface area contributed by atoms with Gasteiger partial charge in [-0.1, -0.05) is 17.3 Å². The fraction of sp³-hybridized carbons (Fsp3) is 0.318. The number of hydrogen-bond donors (Lipinski definition) is 3. The molecule has 9 nitrogen and oxygen atoms in total. The molecule has 2 fully saturated rings. The van der Waals surface area contributed by atoms with Gasteiger partial charge < -0.3 is 9.26 Å². The van der Waals surface area contributed by atoms with Crippen molar-refractivity contribution >= 4 is 23.4 Å². The smallest absolute Gasteiger partial charge is 0.237 e. The Morgan fingerprint density at radius 3 is 2.94 bits per heavy atom. The maximum Gasteiger partial charge on any atom is 0.237 e. The molecule has 2 aliphatic rings. The largest absolute Gasteiger partial charge is 0.494 e. The van der Waals surface area contributed by atoms with Gasteiger partial charge in [0.1, 0.15) is 11.2 Å². The molecule has 2 aromatic carbocycles. The van der Waals surface area contributed by atoms with E-state index in [9.17, 15) is 13.6 Å². The van der Waals surface area contributed by atoms with Crippen LogP contribution in [0.5, 0.6) is 5.75 Å². The number of hydrogen-bond acceptors (Lipinski definition) is 9. The second-order valence-corrected chi connectivity index (χ2v) is 8.79.